The lowest BCUT2D eigenvalue weighted by Crippen LogP contribution is -2.30. The molecule has 0 aliphatic heterocycles. The molecule has 0 unspecified atom stereocenters. The van der Waals surface area contributed by atoms with Crippen LogP contribution in [0.2, 0.25) is 0 Å². The van der Waals surface area contributed by atoms with Gasteiger partial charge in [0.2, 0.25) is 0 Å². The van der Waals surface area contributed by atoms with Crippen LogP contribution in [0.1, 0.15) is 78.5 Å². The number of aliphatic carboxylic acids is 1. The Kier molecular flexibility index (Phi) is 11.8. The maximum Gasteiger partial charge on any atom is 0.305 e. The van der Waals surface area contributed by atoms with Crippen molar-refractivity contribution < 1.29 is 29.3 Å². The number of amides is 1. The number of aliphatic hydroxyl groups is 2. The Morgan fingerprint density at radius 1 is 1.00 bits per heavy atom. The van der Waals surface area contributed by atoms with Gasteiger partial charge in [0.05, 0.1) is 35.7 Å². The number of halogens is 1. The van der Waals surface area contributed by atoms with Gasteiger partial charge < -0.3 is 25.1 Å². The van der Waals surface area contributed by atoms with Crippen LogP contribution in [0.4, 0.5) is 4.39 Å². The van der Waals surface area contributed by atoms with Gasteiger partial charge in [0.15, 0.2) is 0 Å². The molecule has 1 aromatic carbocycles. The molecule has 9 nitrogen and oxygen atoms in total. The van der Waals surface area contributed by atoms with Crippen LogP contribution in [-0.2, 0) is 17.6 Å². The molecule has 0 spiro atoms. The van der Waals surface area contributed by atoms with Crippen LogP contribution in [-0.4, -0.2) is 93.4 Å². The number of aryl methyl sites for hydroxylation is 1. The van der Waals surface area contributed by atoms with Gasteiger partial charge in [-0.1, -0.05) is 38.1 Å². The molecule has 246 valence electrons. The third-order valence-electron chi connectivity index (χ3n) is 8.19. The van der Waals surface area contributed by atoms with Crippen LogP contribution in [0.25, 0.3) is 28.5 Å². The summed E-state index contributed by atoms with van der Waals surface area (Å²) in [5, 5.41) is 29.7. The van der Waals surface area contributed by atoms with Gasteiger partial charge in [-0.25, -0.2) is 9.37 Å². The lowest BCUT2D eigenvalue weighted by atomic mass is 9.86. The fraction of sp³-hybridized carbons (Fsp3) is 0.444. The molecule has 3 N–H and O–H groups in total. The van der Waals surface area contributed by atoms with E-state index in [1.165, 1.54) is 12.1 Å². The molecule has 46 heavy (non-hydrogen) atoms. The van der Waals surface area contributed by atoms with Crippen LogP contribution >= 0.6 is 0 Å². The highest BCUT2D eigenvalue weighted by molar-refractivity contribution is 5.93. The average molecular weight is 633 g/mol. The van der Waals surface area contributed by atoms with Crippen molar-refractivity contribution in [2.45, 2.75) is 70.5 Å². The number of benzene rings is 1. The first-order valence-corrected chi connectivity index (χ1v) is 15.8. The SMILES string of the molecule is CC(C)c1nc2c(c(-c3ccc(F)cc3)c1C=C[C@@H](O)C[C@@H](O)CC(=O)O)CCCc1nc(C(=O)N(C)CCCN(C)C)ccc1-2. The number of carbonyl (C=O) groups excluding carboxylic acids is 1. The second kappa shape index (κ2) is 15.5. The van der Waals surface area contributed by atoms with Crippen molar-refractivity contribution >= 4 is 18.0 Å². The van der Waals surface area contributed by atoms with Crippen LogP contribution in [0.5, 0.6) is 0 Å². The maximum atomic E-state index is 14.1. The Bertz CT molecular complexity index is 1570. The lowest BCUT2D eigenvalue weighted by molar-refractivity contribution is -0.139. The molecule has 10 heteroatoms. The van der Waals surface area contributed by atoms with Crippen molar-refractivity contribution in [2.24, 2.45) is 0 Å². The summed E-state index contributed by atoms with van der Waals surface area (Å²) >= 11 is 0. The maximum absolute atomic E-state index is 14.1. The highest BCUT2D eigenvalue weighted by atomic mass is 19.1. The summed E-state index contributed by atoms with van der Waals surface area (Å²) in [5.41, 5.74) is 7.02. The number of aromatic nitrogens is 2. The zero-order valence-electron chi connectivity index (χ0n) is 27.3. The van der Waals surface area contributed by atoms with Gasteiger partial charge in [0.1, 0.15) is 11.5 Å². The van der Waals surface area contributed by atoms with Crippen molar-refractivity contribution in [3.8, 4) is 22.4 Å². The topological polar surface area (TPSA) is 127 Å². The summed E-state index contributed by atoms with van der Waals surface area (Å²) in [6, 6.07) is 10.00. The fourth-order valence-corrected chi connectivity index (χ4v) is 5.91. The summed E-state index contributed by atoms with van der Waals surface area (Å²) in [4.78, 5) is 38.1. The number of aliphatic hydroxyl groups excluding tert-OH is 2. The van der Waals surface area contributed by atoms with Crippen LogP contribution in [0.3, 0.4) is 0 Å². The van der Waals surface area contributed by atoms with E-state index in [1.54, 1.807) is 42.3 Å². The van der Waals surface area contributed by atoms with Gasteiger partial charge in [-0.2, -0.15) is 0 Å². The van der Waals surface area contributed by atoms with Crippen molar-refractivity contribution in [1.29, 1.82) is 0 Å². The molecule has 1 amide bonds. The van der Waals surface area contributed by atoms with Gasteiger partial charge in [0, 0.05) is 31.1 Å². The third kappa shape index (κ3) is 8.63. The molecule has 4 rings (SSSR count). The zero-order chi connectivity index (χ0) is 33.5. The second-order valence-corrected chi connectivity index (χ2v) is 12.6. The van der Waals surface area contributed by atoms with E-state index in [2.05, 4.69) is 4.90 Å². The van der Waals surface area contributed by atoms with E-state index in [4.69, 9.17) is 15.1 Å². The Morgan fingerprint density at radius 2 is 1.72 bits per heavy atom. The smallest absolute Gasteiger partial charge is 0.305 e. The van der Waals surface area contributed by atoms with E-state index in [0.29, 0.717) is 25.1 Å². The van der Waals surface area contributed by atoms with E-state index in [-0.39, 0.29) is 24.1 Å². The third-order valence-corrected chi connectivity index (χ3v) is 8.19. The van der Waals surface area contributed by atoms with E-state index in [0.717, 1.165) is 64.3 Å². The number of hydrogen-bond donors (Lipinski definition) is 3. The molecule has 0 bridgehead atoms. The summed E-state index contributed by atoms with van der Waals surface area (Å²) in [7, 11) is 5.81. The molecule has 1 aliphatic rings. The summed E-state index contributed by atoms with van der Waals surface area (Å²) < 4.78 is 14.1. The minimum Gasteiger partial charge on any atom is -0.481 e. The number of carboxylic acids is 1. The molecule has 0 fully saturated rings. The highest BCUT2D eigenvalue weighted by Gasteiger charge is 2.27. The summed E-state index contributed by atoms with van der Waals surface area (Å²) in [5.74, 6) is -1.65. The molecule has 2 heterocycles. The normalized spacial score (nSPS) is 14.2. The highest BCUT2D eigenvalue weighted by Crippen LogP contribution is 2.41. The predicted molar refractivity (Wildman–Crippen MR) is 177 cm³/mol. The largest absolute Gasteiger partial charge is 0.481 e. The van der Waals surface area contributed by atoms with Crippen molar-refractivity contribution in [3.05, 3.63) is 76.5 Å². The molecular formula is C36H45FN4O5. The Morgan fingerprint density at radius 3 is 2.37 bits per heavy atom. The van der Waals surface area contributed by atoms with Crippen molar-refractivity contribution in [1.82, 2.24) is 19.8 Å². The second-order valence-electron chi connectivity index (χ2n) is 12.6. The standard InChI is InChI=1S/C36H45FN4O5/c1-22(2)34-29(15-14-25(42)20-26(43)21-32(44)45)33(23-10-12-24(37)13-11-23)28-8-6-9-30-27(35(28)39-34)16-17-31(38-30)36(46)41(5)19-7-18-40(3)4/h10-17,22,25-26,42-43H,6-9,18-21H2,1-5H3,(H,44,45)/t25-,26-/m1/s1. The number of nitrogens with zero attached hydrogens (tertiary/aromatic N) is 4. The number of fused-ring (bicyclic) bond motifs is 3. The number of hydrogen-bond acceptors (Lipinski definition) is 7. The van der Waals surface area contributed by atoms with E-state index in [1.807, 2.05) is 34.0 Å². The first kappa shape index (κ1) is 34.9. The number of carbonyl (C=O) groups is 2. The monoisotopic (exact) mass is 632 g/mol. The van der Waals surface area contributed by atoms with Gasteiger partial charge in [-0.15, -0.1) is 0 Å². The molecule has 0 saturated heterocycles. The predicted octanol–water partition coefficient (Wildman–Crippen LogP) is 5.19. The summed E-state index contributed by atoms with van der Waals surface area (Å²) in [6.07, 6.45) is 3.39. The summed E-state index contributed by atoms with van der Waals surface area (Å²) in [6.45, 7) is 5.56. The van der Waals surface area contributed by atoms with Crippen LogP contribution < -0.4 is 0 Å². The first-order valence-electron chi connectivity index (χ1n) is 15.8. The van der Waals surface area contributed by atoms with Gasteiger partial charge in [0.25, 0.3) is 5.91 Å². The first-order chi connectivity index (χ1) is 21.8. The van der Waals surface area contributed by atoms with Crippen molar-refractivity contribution in [2.75, 3.05) is 34.2 Å². The van der Waals surface area contributed by atoms with Gasteiger partial charge >= 0.3 is 5.97 Å². The molecule has 3 aromatic rings. The minimum atomic E-state index is -1.19. The molecule has 2 atom stereocenters. The van der Waals surface area contributed by atoms with Crippen LogP contribution in [0, 0.1) is 5.82 Å². The Labute approximate surface area is 270 Å². The Balaban J connectivity index is 1.81. The van der Waals surface area contributed by atoms with Gasteiger partial charge in [-0.05, 0) is 93.2 Å². The number of carboxylic acid groups (broad SMARTS) is 1. The average Bonchev–Trinajstić information content (AvgIpc) is 3.17. The molecule has 0 saturated carbocycles. The molecule has 0 radical (unpaired) electrons. The number of rotatable bonds is 13. The molecular weight excluding hydrogens is 587 g/mol. The van der Waals surface area contributed by atoms with Crippen molar-refractivity contribution in [3.63, 3.8) is 0 Å². The van der Waals surface area contributed by atoms with E-state index in [9.17, 15) is 24.2 Å². The minimum absolute atomic E-state index is 0.0322. The quantitative estimate of drug-likeness (QED) is 0.235. The fourth-order valence-electron chi connectivity index (χ4n) is 5.91. The van der Waals surface area contributed by atoms with Crippen LogP contribution in [0.15, 0.2) is 42.5 Å². The zero-order valence-corrected chi connectivity index (χ0v) is 27.3. The van der Waals surface area contributed by atoms with E-state index < -0.39 is 24.6 Å². The number of pyridine rings is 2. The lowest BCUT2D eigenvalue weighted by Gasteiger charge is -2.22. The van der Waals surface area contributed by atoms with Gasteiger partial charge in [-0.3, -0.25) is 14.6 Å². The molecule has 2 aromatic heterocycles. The van der Waals surface area contributed by atoms with E-state index >= 15 is 0 Å². The molecule has 1 aliphatic carbocycles. The Hall–Kier alpha value is -3.99.